The predicted octanol–water partition coefficient (Wildman–Crippen LogP) is 4.57. The molecule has 0 aliphatic rings. The third kappa shape index (κ3) is 6.70. The fourth-order valence-corrected chi connectivity index (χ4v) is 5.69. The summed E-state index contributed by atoms with van der Waals surface area (Å²) >= 11 is 6.14. The van der Waals surface area contributed by atoms with E-state index in [2.05, 4.69) is 5.32 Å². The number of likely N-dealkylation sites (N-methyl/N-ethyl adjacent to an activating group) is 1. The minimum atomic E-state index is -4.10. The summed E-state index contributed by atoms with van der Waals surface area (Å²) in [5, 5.41) is 3.07. The minimum Gasteiger partial charge on any atom is -0.357 e. The van der Waals surface area contributed by atoms with Crippen molar-refractivity contribution in [3.63, 3.8) is 0 Å². The maximum Gasteiger partial charge on any atom is 0.264 e. The second-order valence-electron chi connectivity index (χ2n) is 8.75. The molecular weight excluding hydrogens is 510 g/mol. The molecule has 9 heteroatoms. The number of amides is 2. The Morgan fingerprint density at radius 3 is 2.30 bits per heavy atom. The Bertz CT molecular complexity index is 1360. The van der Waals surface area contributed by atoms with Gasteiger partial charge in [0.25, 0.3) is 10.0 Å². The highest BCUT2D eigenvalue weighted by Gasteiger charge is 2.33. The van der Waals surface area contributed by atoms with Crippen molar-refractivity contribution in [2.45, 2.75) is 44.7 Å². The lowest BCUT2D eigenvalue weighted by Gasteiger charge is -2.32. The van der Waals surface area contributed by atoms with Crippen molar-refractivity contribution in [1.29, 1.82) is 0 Å². The molecule has 1 N–H and O–H groups in total. The van der Waals surface area contributed by atoms with Crippen LogP contribution >= 0.6 is 11.6 Å². The number of carbonyl (C=O) groups is 2. The smallest absolute Gasteiger partial charge is 0.264 e. The first kappa shape index (κ1) is 28.2. The zero-order chi connectivity index (χ0) is 27.2. The van der Waals surface area contributed by atoms with Gasteiger partial charge in [-0.2, -0.15) is 0 Å². The van der Waals surface area contributed by atoms with Gasteiger partial charge in [0, 0.05) is 18.6 Å². The van der Waals surface area contributed by atoms with E-state index in [1.165, 1.54) is 24.1 Å². The summed E-state index contributed by atoms with van der Waals surface area (Å²) in [5.41, 5.74) is 2.85. The summed E-state index contributed by atoms with van der Waals surface area (Å²) in [4.78, 5) is 27.8. The Kier molecular flexibility index (Phi) is 9.34. The van der Waals surface area contributed by atoms with Gasteiger partial charge in [-0.25, -0.2) is 8.42 Å². The van der Waals surface area contributed by atoms with Crippen molar-refractivity contribution < 1.29 is 18.0 Å². The molecule has 196 valence electrons. The molecule has 0 saturated carbocycles. The van der Waals surface area contributed by atoms with Crippen LogP contribution in [0.5, 0.6) is 0 Å². The average Bonchev–Trinajstić information content (AvgIpc) is 2.89. The standard InChI is InChI=1S/C28H32ClN3O4S/c1-5-23-10-6-7-12-26(23)32(37(35,36)25-15-13-20(2)14-16-25)19-27(33)31(21(3)28(34)30-4)18-22-9-8-11-24(29)17-22/h6-17,21H,5,18-19H2,1-4H3,(H,30,34)/t21-/m0/s1. The number of sulfonamides is 1. The van der Waals surface area contributed by atoms with Crippen LogP contribution in [0.25, 0.3) is 0 Å². The number of rotatable bonds is 10. The zero-order valence-corrected chi connectivity index (χ0v) is 23.0. The first-order valence-corrected chi connectivity index (χ1v) is 13.8. The van der Waals surface area contributed by atoms with Crippen LogP contribution in [0.2, 0.25) is 5.02 Å². The first-order valence-electron chi connectivity index (χ1n) is 12.0. The van der Waals surface area contributed by atoms with Crippen molar-refractivity contribution in [1.82, 2.24) is 10.2 Å². The van der Waals surface area contributed by atoms with Gasteiger partial charge in [-0.1, -0.05) is 66.6 Å². The molecule has 0 saturated heterocycles. The van der Waals surface area contributed by atoms with E-state index in [1.54, 1.807) is 55.5 Å². The van der Waals surface area contributed by atoms with E-state index >= 15 is 0 Å². The summed E-state index contributed by atoms with van der Waals surface area (Å²) in [6.07, 6.45) is 0.575. The predicted molar refractivity (Wildman–Crippen MR) is 147 cm³/mol. The molecule has 3 aromatic rings. The monoisotopic (exact) mass is 541 g/mol. The third-order valence-electron chi connectivity index (χ3n) is 6.18. The van der Waals surface area contributed by atoms with E-state index in [9.17, 15) is 18.0 Å². The molecule has 3 aromatic carbocycles. The van der Waals surface area contributed by atoms with Crippen molar-refractivity contribution >= 4 is 39.1 Å². The molecule has 0 unspecified atom stereocenters. The van der Waals surface area contributed by atoms with Crippen LogP contribution in [0.15, 0.2) is 77.7 Å². The molecule has 0 heterocycles. The maximum atomic E-state index is 13.9. The Morgan fingerprint density at radius 2 is 1.68 bits per heavy atom. The lowest BCUT2D eigenvalue weighted by atomic mass is 10.1. The second kappa shape index (κ2) is 12.3. The van der Waals surface area contributed by atoms with Crippen molar-refractivity contribution in [3.8, 4) is 0 Å². The van der Waals surface area contributed by atoms with E-state index in [-0.39, 0.29) is 17.3 Å². The normalized spacial score (nSPS) is 12.0. The summed E-state index contributed by atoms with van der Waals surface area (Å²) < 4.78 is 28.9. The lowest BCUT2D eigenvalue weighted by Crippen LogP contribution is -2.50. The van der Waals surface area contributed by atoms with Crippen LogP contribution in [-0.4, -0.2) is 44.8 Å². The Morgan fingerprint density at radius 1 is 1.00 bits per heavy atom. The van der Waals surface area contributed by atoms with Gasteiger partial charge in [0.15, 0.2) is 0 Å². The van der Waals surface area contributed by atoms with Crippen molar-refractivity contribution in [2.24, 2.45) is 0 Å². The lowest BCUT2D eigenvalue weighted by molar-refractivity contribution is -0.139. The topological polar surface area (TPSA) is 86.8 Å². The van der Waals surface area contributed by atoms with E-state index in [0.717, 1.165) is 21.0 Å². The molecular formula is C28H32ClN3O4S. The second-order valence-corrected chi connectivity index (χ2v) is 11.0. The number of hydrogen-bond donors (Lipinski definition) is 1. The highest BCUT2D eigenvalue weighted by Crippen LogP contribution is 2.28. The molecule has 0 aliphatic carbocycles. The fraction of sp³-hybridized carbons (Fsp3) is 0.286. The van der Waals surface area contributed by atoms with E-state index in [0.29, 0.717) is 17.1 Å². The van der Waals surface area contributed by atoms with Gasteiger partial charge in [-0.3, -0.25) is 13.9 Å². The summed E-state index contributed by atoms with van der Waals surface area (Å²) in [7, 11) is -2.61. The molecule has 1 atom stereocenters. The zero-order valence-electron chi connectivity index (χ0n) is 21.4. The van der Waals surface area contributed by atoms with Gasteiger partial charge >= 0.3 is 0 Å². The van der Waals surface area contributed by atoms with E-state index < -0.39 is 28.5 Å². The molecule has 0 bridgehead atoms. The first-order chi connectivity index (χ1) is 17.6. The largest absolute Gasteiger partial charge is 0.357 e. The third-order valence-corrected chi connectivity index (χ3v) is 8.19. The van der Waals surface area contributed by atoms with Crippen LogP contribution in [-0.2, 0) is 32.6 Å². The summed E-state index contributed by atoms with van der Waals surface area (Å²) in [6, 6.07) is 19.8. The average molecular weight is 542 g/mol. The van der Waals surface area contributed by atoms with Gasteiger partial charge in [0.1, 0.15) is 12.6 Å². The minimum absolute atomic E-state index is 0.0811. The number of nitrogens with zero attached hydrogens (tertiary/aromatic N) is 2. The van der Waals surface area contributed by atoms with Gasteiger partial charge in [0.2, 0.25) is 11.8 Å². The molecule has 7 nitrogen and oxygen atoms in total. The highest BCUT2D eigenvalue weighted by atomic mass is 35.5. The van der Waals surface area contributed by atoms with E-state index in [4.69, 9.17) is 11.6 Å². The van der Waals surface area contributed by atoms with Gasteiger partial charge in [-0.15, -0.1) is 0 Å². The van der Waals surface area contributed by atoms with Crippen LogP contribution in [0, 0.1) is 6.92 Å². The van der Waals surface area contributed by atoms with E-state index in [1.807, 2.05) is 26.0 Å². The SMILES string of the molecule is CCc1ccccc1N(CC(=O)N(Cc1cccc(Cl)c1)[C@@H](C)C(=O)NC)S(=O)(=O)c1ccc(C)cc1. The highest BCUT2D eigenvalue weighted by molar-refractivity contribution is 7.92. The Hall–Kier alpha value is -3.36. The number of aryl methyl sites for hydroxylation is 2. The molecule has 0 spiro atoms. The number of para-hydroxylation sites is 1. The maximum absolute atomic E-state index is 13.9. The molecule has 0 fully saturated rings. The molecule has 2 amide bonds. The Labute approximate surface area is 224 Å². The number of benzene rings is 3. The number of nitrogens with one attached hydrogen (secondary N) is 1. The molecule has 0 aliphatic heterocycles. The number of carbonyl (C=O) groups excluding carboxylic acids is 2. The van der Waals surface area contributed by atoms with Crippen molar-refractivity contribution in [3.05, 3.63) is 94.5 Å². The van der Waals surface area contributed by atoms with Crippen LogP contribution in [0.4, 0.5) is 5.69 Å². The number of hydrogen-bond acceptors (Lipinski definition) is 4. The van der Waals surface area contributed by atoms with Gasteiger partial charge in [-0.05, 0) is 61.7 Å². The van der Waals surface area contributed by atoms with Gasteiger partial charge < -0.3 is 10.2 Å². The summed E-state index contributed by atoms with van der Waals surface area (Å²) in [5.74, 6) is -0.880. The summed E-state index contributed by atoms with van der Waals surface area (Å²) in [6.45, 7) is 5.02. The number of anilines is 1. The quantitative estimate of drug-likeness (QED) is 0.407. The number of halogens is 1. The molecule has 0 radical (unpaired) electrons. The molecule has 3 rings (SSSR count). The molecule has 0 aromatic heterocycles. The Balaban J connectivity index is 2.07. The van der Waals surface area contributed by atoms with Crippen LogP contribution < -0.4 is 9.62 Å². The van der Waals surface area contributed by atoms with Crippen LogP contribution in [0.1, 0.15) is 30.5 Å². The van der Waals surface area contributed by atoms with Gasteiger partial charge in [0.05, 0.1) is 10.6 Å². The fourth-order valence-electron chi connectivity index (χ4n) is 4.03. The molecule has 37 heavy (non-hydrogen) atoms. The van der Waals surface area contributed by atoms with Crippen LogP contribution in [0.3, 0.4) is 0 Å². The van der Waals surface area contributed by atoms with Crippen molar-refractivity contribution in [2.75, 3.05) is 17.9 Å².